The van der Waals surface area contributed by atoms with Crippen molar-refractivity contribution in [2.24, 2.45) is 0 Å². The number of thiol groups is 1. The van der Waals surface area contributed by atoms with Gasteiger partial charge >= 0.3 is 0 Å². The summed E-state index contributed by atoms with van der Waals surface area (Å²) in [7, 11) is 0. The van der Waals surface area contributed by atoms with Crippen LogP contribution in [0.15, 0.2) is 30.3 Å². The molecule has 1 aliphatic heterocycles. The largest absolute Gasteiger partial charge is 0.370 e. The molecule has 1 aliphatic rings. The number of nitrogens with zero attached hydrogens (tertiary/aromatic N) is 1. The van der Waals surface area contributed by atoms with Gasteiger partial charge in [-0.25, -0.2) is 0 Å². The van der Waals surface area contributed by atoms with Crippen LogP contribution in [0.25, 0.3) is 0 Å². The number of carbonyl (C=O) groups is 1. The van der Waals surface area contributed by atoms with Crippen molar-refractivity contribution < 1.29 is 9.53 Å². The molecule has 1 saturated heterocycles. The molecule has 0 radical (unpaired) electrons. The van der Waals surface area contributed by atoms with E-state index in [1.165, 1.54) is 5.56 Å². The smallest absolute Gasteiger partial charge is 0.248 e. The third kappa shape index (κ3) is 3.23. The lowest BCUT2D eigenvalue weighted by atomic mass is 10.0. The molecule has 0 aromatic heterocycles. The van der Waals surface area contributed by atoms with Gasteiger partial charge in [-0.15, -0.1) is 0 Å². The van der Waals surface area contributed by atoms with Crippen LogP contribution in [0.4, 0.5) is 0 Å². The highest BCUT2D eigenvalue weighted by Gasteiger charge is 2.22. The molecular formula is C13H17NO2S. The molecule has 1 unspecified atom stereocenters. The zero-order valence-electron chi connectivity index (χ0n) is 9.71. The number of hydrogen-bond donors (Lipinski definition) is 1. The van der Waals surface area contributed by atoms with Crippen LogP contribution < -0.4 is 0 Å². The molecule has 1 heterocycles. The lowest BCUT2D eigenvalue weighted by Crippen LogP contribution is -2.43. The zero-order valence-corrected chi connectivity index (χ0v) is 10.6. The Morgan fingerprint density at radius 3 is 2.76 bits per heavy atom. The number of hydrogen-bond acceptors (Lipinski definition) is 3. The predicted molar refractivity (Wildman–Crippen MR) is 70.4 cm³/mol. The van der Waals surface area contributed by atoms with Gasteiger partial charge in [-0.05, 0) is 11.3 Å². The maximum Gasteiger partial charge on any atom is 0.248 e. The third-order valence-corrected chi connectivity index (χ3v) is 3.46. The SMILES string of the molecule is O=C1COCCN1CC(CS)c1ccccc1. The Balaban J connectivity index is 2.02. The summed E-state index contributed by atoms with van der Waals surface area (Å²) in [6.07, 6.45) is 0. The van der Waals surface area contributed by atoms with Gasteiger partial charge in [0.25, 0.3) is 0 Å². The lowest BCUT2D eigenvalue weighted by molar-refractivity contribution is -0.142. The minimum atomic E-state index is 0.0824. The second-order valence-electron chi connectivity index (χ2n) is 4.18. The summed E-state index contributed by atoms with van der Waals surface area (Å²) in [6, 6.07) is 10.2. The van der Waals surface area contributed by atoms with E-state index >= 15 is 0 Å². The first-order valence-electron chi connectivity index (χ1n) is 5.82. The summed E-state index contributed by atoms with van der Waals surface area (Å²) in [5.74, 6) is 1.12. The Labute approximate surface area is 107 Å². The molecule has 3 nitrogen and oxygen atoms in total. The first kappa shape index (κ1) is 12.5. The molecule has 2 rings (SSSR count). The van der Waals surface area contributed by atoms with E-state index in [0.29, 0.717) is 19.1 Å². The van der Waals surface area contributed by atoms with Crippen LogP contribution >= 0.6 is 12.6 Å². The van der Waals surface area contributed by atoms with E-state index in [1.54, 1.807) is 0 Å². The van der Waals surface area contributed by atoms with E-state index < -0.39 is 0 Å². The number of carbonyl (C=O) groups excluding carboxylic acids is 1. The van der Waals surface area contributed by atoms with Crippen LogP contribution in [0.3, 0.4) is 0 Å². The Kier molecular flexibility index (Phi) is 4.45. The highest BCUT2D eigenvalue weighted by atomic mass is 32.1. The summed E-state index contributed by atoms with van der Waals surface area (Å²) >= 11 is 4.39. The molecule has 0 aliphatic carbocycles. The van der Waals surface area contributed by atoms with Crippen molar-refractivity contribution in [2.75, 3.05) is 32.1 Å². The summed E-state index contributed by atoms with van der Waals surface area (Å²) in [5.41, 5.74) is 1.24. The van der Waals surface area contributed by atoms with Gasteiger partial charge in [0, 0.05) is 19.0 Å². The number of benzene rings is 1. The molecule has 0 saturated carbocycles. The standard InChI is InChI=1S/C13H17NO2S/c15-13-9-16-7-6-14(13)8-12(10-17)11-4-2-1-3-5-11/h1-5,12,17H,6-10H2. The Morgan fingerprint density at radius 1 is 1.35 bits per heavy atom. The van der Waals surface area contributed by atoms with Crippen molar-refractivity contribution >= 4 is 18.5 Å². The number of ether oxygens (including phenoxy) is 1. The minimum absolute atomic E-state index is 0.0824. The van der Waals surface area contributed by atoms with Crippen LogP contribution in [0.1, 0.15) is 11.5 Å². The fourth-order valence-corrected chi connectivity index (χ4v) is 2.33. The molecule has 92 valence electrons. The molecule has 0 bridgehead atoms. The maximum atomic E-state index is 11.7. The molecule has 1 aromatic rings. The minimum Gasteiger partial charge on any atom is -0.370 e. The van der Waals surface area contributed by atoms with Crippen molar-refractivity contribution in [1.82, 2.24) is 4.90 Å². The number of morpholine rings is 1. The summed E-state index contributed by atoms with van der Waals surface area (Å²) < 4.78 is 5.12. The number of amides is 1. The van der Waals surface area contributed by atoms with Gasteiger partial charge in [-0.1, -0.05) is 30.3 Å². The van der Waals surface area contributed by atoms with Gasteiger partial charge in [-0.2, -0.15) is 12.6 Å². The molecule has 0 N–H and O–H groups in total. The fraction of sp³-hybridized carbons (Fsp3) is 0.462. The van der Waals surface area contributed by atoms with E-state index in [0.717, 1.165) is 12.3 Å². The van der Waals surface area contributed by atoms with Crippen LogP contribution in [0.2, 0.25) is 0 Å². The summed E-state index contributed by atoms with van der Waals surface area (Å²) in [4.78, 5) is 13.5. The van der Waals surface area contributed by atoms with Gasteiger partial charge < -0.3 is 9.64 Å². The maximum absolute atomic E-state index is 11.7. The highest BCUT2D eigenvalue weighted by Crippen LogP contribution is 2.19. The molecule has 1 aromatic carbocycles. The molecule has 1 amide bonds. The Bertz CT molecular complexity index is 369. The van der Waals surface area contributed by atoms with Crippen molar-refractivity contribution in [3.05, 3.63) is 35.9 Å². The molecule has 1 atom stereocenters. The van der Waals surface area contributed by atoms with Crippen molar-refractivity contribution in [3.8, 4) is 0 Å². The molecule has 17 heavy (non-hydrogen) atoms. The van der Waals surface area contributed by atoms with Gasteiger partial charge in [-0.3, -0.25) is 4.79 Å². The van der Waals surface area contributed by atoms with Gasteiger partial charge in [0.1, 0.15) is 6.61 Å². The topological polar surface area (TPSA) is 29.5 Å². The molecule has 1 fully saturated rings. The molecular weight excluding hydrogens is 234 g/mol. The second-order valence-corrected chi connectivity index (χ2v) is 4.55. The van der Waals surface area contributed by atoms with Gasteiger partial charge in [0.15, 0.2) is 0 Å². The van der Waals surface area contributed by atoms with E-state index in [9.17, 15) is 4.79 Å². The monoisotopic (exact) mass is 251 g/mol. The normalized spacial score (nSPS) is 18.2. The van der Waals surface area contributed by atoms with Crippen LogP contribution in [0.5, 0.6) is 0 Å². The van der Waals surface area contributed by atoms with Gasteiger partial charge in [0.2, 0.25) is 5.91 Å². The predicted octanol–water partition coefficient (Wildman–Crippen LogP) is 1.56. The summed E-state index contributed by atoms with van der Waals surface area (Å²) in [5, 5.41) is 0. The second kappa shape index (κ2) is 6.07. The quantitative estimate of drug-likeness (QED) is 0.823. The van der Waals surface area contributed by atoms with E-state index in [2.05, 4.69) is 24.8 Å². The average Bonchev–Trinajstić information content (AvgIpc) is 2.39. The van der Waals surface area contributed by atoms with Crippen molar-refractivity contribution in [3.63, 3.8) is 0 Å². The lowest BCUT2D eigenvalue weighted by Gasteiger charge is -2.30. The van der Waals surface area contributed by atoms with Crippen molar-refractivity contribution in [2.45, 2.75) is 5.92 Å². The fourth-order valence-electron chi connectivity index (χ4n) is 2.00. The van der Waals surface area contributed by atoms with E-state index in [1.807, 2.05) is 23.1 Å². The van der Waals surface area contributed by atoms with Crippen LogP contribution in [-0.4, -0.2) is 42.9 Å². The Morgan fingerprint density at radius 2 is 2.12 bits per heavy atom. The Hall–Kier alpha value is -1.00. The molecule has 4 heteroatoms. The van der Waals surface area contributed by atoms with Crippen LogP contribution in [0, 0.1) is 0 Å². The first-order valence-corrected chi connectivity index (χ1v) is 6.46. The van der Waals surface area contributed by atoms with Crippen molar-refractivity contribution in [1.29, 1.82) is 0 Å². The van der Waals surface area contributed by atoms with Gasteiger partial charge in [0.05, 0.1) is 6.61 Å². The highest BCUT2D eigenvalue weighted by molar-refractivity contribution is 7.80. The number of rotatable bonds is 4. The third-order valence-electron chi connectivity index (χ3n) is 3.02. The van der Waals surface area contributed by atoms with E-state index in [-0.39, 0.29) is 12.5 Å². The molecule has 0 spiro atoms. The summed E-state index contributed by atoms with van der Waals surface area (Å²) in [6.45, 7) is 2.28. The zero-order chi connectivity index (χ0) is 12.1. The van der Waals surface area contributed by atoms with E-state index in [4.69, 9.17) is 4.74 Å². The first-order chi connectivity index (χ1) is 8.31. The van der Waals surface area contributed by atoms with Crippen LogP contribution in [-0.2, 0) is 9.53 Å². The average molecular weight is 251 g/mol.